The Morgan fingerprint density at radius 2 is 2.16 bits per heavy atom. The predicted molar refractivity (Wildman–Crippen MR) is 68.1 cm³/mol. The largest absolute Gasteiger partial charge is 0.460 e. The lowest BCUT2D eigenvalue weighted by atomic mass is 10.4. The van der Waals surface area contributed by atoms with E-state index in [0.29, 0.717) is 0 Å². The van der Waals surface area contributed by atoms with Gasteiger partial charge in [0.05, 0.1) is 6.61 Å². The van der Waals surface area contributed by atoms with E-state index < -0.39 is 16.0 Å². The first-order chi connectivity index (χ1) is 8.84. The van der Waals surface area contributed by atoms with Crippen molar-refractivity contribution in [3.05, 3.63) is 17.9 Å². The molecule has 0 bridgehead atoms. The molecule has 0 spiro atoms. The monoisotopic (exact) mass is 290 g/mol. The van der Waals surface area contributed by atoms with Gasteiger partial charge in [0.25, 0.3) is 10.0 Å². The van der Waals surface area contributed by atoms with E-state index in [0.717, 1.165) is 4.31 Å². The standard InChI is InChI=1S/C11H18N2O5S/c1-4-17-11(14)9-5-6-10(18-9)19(15,16)13(3)8(2)7-12/h5-6,8H,4,7,12H2,1-3H3. The number of rotatable bonds is 6. The van der Waals surface area contributed by atoms with Gasteiger partial charge >= 0.3 is 5.97 Å². The molecule has 1 heterocycles. The van der Waals surface area contributed by atoms with E-state index in [4.69, 9.17) is 14.9 Å². The molecule has 1 rings (SSSR count). The molecular formula is C11H18N2O5S. The van der Waals surface area contributed by atoms with E-state index in [-0.39, 0.29) is 30.0 Å². The van der Waals surface area contributed by atoms with Crippen molar-refractivity contribution in [2.75, 3.05) is 20.2 Å². The van der Waals surface area contributed by atoms with Crippen molar-refractivity contribution in [3.63, 3.8) is 0 Å². The molecule has 8 heteroatoms. The fourth-order valence-corrected chi connectivity index (χ4v) is 2.58. The highest BCUT2D eigenvalue weighted by Gasteiger charge is 2.28. The fourth-order valence-electron chi connectivity index (χ4n) is 1.30. The molecule has 1 unspecified atom stereocenters. The van der Waals surface area contributed by atoms with Crippen LogP contribution in [-0.2, 0) is 14.8 Å². The van der Waals surface area contributed by atoms with Crippen LogP contribution >= 0.6 is 0 Å². The molecular weight excluding hydrogens is 272 g/mol. The number of hydrogen-bond acceptors (Lipinski definition) is 6. The van der Waals surface area contributed by atoms with Gasteiger partial charge in [0, 0.05) is 19.6 Å². The maximum absolute atomic E-state index is 12.2. The Balaban J connectivity index is 3.01. The number of likely N-dealkylation sites (N-methyl/N-ethyl adjacent to an activating group) is 1. The fraction of sp³-hybridized carbons (Fsp3) is 0.545. The Bertz CT molecular complexity index is 537. The topological polar surface area (TPSA) is 103 Å². The van der Waals surface area contributed by atoms with Crippen LogP contribution in [0.2, 0.25) is 0 Å². The lowest BCUT2D eigenvalue weighted by Crippen LogP contribution is -2.39. The lowest BCUT2D eigenvalue weighted by molar-refractivity contribution is 0.0483. The van der Waals surface area contributed by atoms with Gasteiger partial charge in [-0.15, -0.1) is 0 Å². The van der Waals surface area contributed by atoms with Gasteiger partial charge in [0.15, 0.2) is 0 Å². The molecule has 0 radical (unpaired) electrons. The SMILES string of the molecule is CCOC(=O)c1ccc(S(=O)(=O)N(C)C(C)CN)o1. The summed E-state index contributed by atoms with van der Waals surface area (Å²) in [6, 6.07) is 2.12. The van der Waals surface area contributed by atoms with Gasteiger partial charge in [-0.05, 0) is 26.0 Å². The third kappa shape index (κ3) is 3.34. The normalized spacial score (nSPS) is 13.5. The van der Waals surface area contributed by atoms with Crippen LogP contribution in [0, 0.1) is 0 Å². The molecule has 0 saturated heterocycles. The summed E-state index contributed by atoms with van der Waals surface area (Å²) >= 11 is 0. The van der Waals surface area contributed by atoms with Gasteiger partial charge in [-0.1, -0.05) is 0 Å². The molecule has 0 saturated carbocycles. The van der Waals surface area contributed by atoms with Crippen LogP contribution in [0.1, 0.15) is 24.4 Å². The van der Waals surface area contributed by atoms with Gasteiger partial charge in [-0.3, -0.25) is 0 Å². The van der Waals surface area contributed by atoms with E-state index >= 15 is 0 Å². The van der Waals surface area contributed by atoms with Crippen molar-refractivity contribution >= 4 is 16.0 Å². The van der Waals surface area contributed by atoms with E-state index in [1.54, 1.807) is 13.8 Å². The Morgan fingerprint density at radius 3 is 2.68 bits per heavy atom. The zero-order valence-corrected chi connectivity index (χ0v) is 11.9. The number of ether oxygens (including phenoxy) is 1. The smallest absolute Gasteiger partial charge is 0.374 e. The molecule has 1 aromatic rings. The number of carbonyl (C=O) groups is 1. The molecule has 108 valence electrons. The predicted octanol–water partition coefficient (Wildman–Crippen LogP) is 0.424. The Kier molecular flexibility index (Phi) is 5.10. The molecule has 0 fully saturated rings. The average Bonchev–Trinajstić information content (AvgIpc) is 2.87. The quantitative estimate of drug-likeness (QED) is 0.762. The highest BCUT2D eigenvalue weighted by molar-refractivity contribution is 7.89. The highest BCUT2D eigenvalue weighted by atomic mass is 32.2. The first-order valence-electron chi connectivity index (χ1n) is 5.79. The summed E-state index contributed by atoms with van der Waals surface area (Å²) in [5.74, 6) is -0.840. The third-order valence-corrected chi connectivity index (χ3v) is 4.50. The van der Waals surface area contributed by atoms with E-state index in [1.165, 1.54) is 19.2 Å². The van der Waals surface area contributed by atoms with Crippen LogP contribution in [0.25, 0.3) is 0 Å². The molecule has 0 aliphatic carbocycles. The second-order valence-corrected chi connectivity index (χ2v) is 5.87. The number of hydrogen-bond donors (Lipinski definition) is 1. The number of nitrogens with two attached hydrogens (primary N) is 1. The van der Waals surface area contributed by atoms with Crippen molar-refractivity contribution in [3.8, 4) is 0 Å². The minimum Gasteiger partial charge on any atom is -0.460 e. The van der Waals surface area contributed by atoms with Crippen LogP contribution in [0.5, 0.6) is 0 Å². The van der Waals surface area contributed by atoms with Crippen LogP contribution in [0.3, 0.4) is 0 Å². The minimum absolute atomic E-state index is 0.144. The molecule has 19 heavy (non-hydrogen) atoms. The maximum Gasteiger partial charge on any atom is 0.374 e. The summed E-state index contributed by atoms with van der Waals surface area (Å²) in [5, 5.41) is -0.307. The molecule has 0 aliphatic rings. The summed E-state index contributed by atoms with van der Waals surface area (Å²) < 4.78 is 35.2. The molecule has 2 N–H and O–H groups in total. The molecule has 1 aromatic heterocycles. The number of esters is 1. The number of carbonyl (C=O) groups excluding carboxylic acids is 1. The molecule has 0 aromatic carbocycles. The van der Waals surface area contributed by atoms with E-state index in [9.17, 15) is 13.2 Å². The van der Waals surface area contributed by atoms with Gasteiger partial charge in [-0.25, -0.2) is 13.2 Å². The van der Waals surface area contributed by atoms with Gasteiger partial charge in [0.2, 0.25) is 10.9 Å². The van der Waals surface area contributed by atoms with E-state index in [1.807, 2.05) is 0 Å². The van der Waals surface area contributed by atoms with Crippen LogP contribution < -0.4 is 5.73 Å². The number of nitrogens with zero attached hydrogens (tertiary/aromatic N) is 1. The minimum atomic E-state index is -3.80. The third-order valence-electron chi connectivity index (χ3n) is 2.65. The first kappa shape index (κ1) is 15.7. The molecule has 0 amide bonds. The Morgan fingerprint density at radius 1 is 1.53 bits per heavy atom. The van der Waals surface area contributed by atoms with Crippen LogP contribution in [-0.4, -0.2) is 44.9 Å². The van der Waals surface area contributed by atoms with Gasteiger partial charge in [-0.2, -0.15) is 4.31 Å². The van der Waals surface area contributed by atoms with Crippen LogP contribution in [0.15, 0.2) is 21.6 Å². The summed E-state index contributed by atoms with van der Waals surface area (Å²) in [6.45, 7) is 3.69. The van der Waals surface area contributed by atoms with Crippen molar-refractivity contribution in [2.45, 2.75) is 25.0 Å². The Labute approximate surface area is 112 Å². The zero-order valence-electron chi connectivity index (χ0n) is 11.1. The van der Waals surface area contributed by atoms with Crippen molar-refractivity contribution in [1.82, 2.24) is 4.31 Å². The number of furan rings is 1. The van der Waals surface area contributed by atoms with Gasteiger partial charge in [0.1, 0.15) is 0 Å². The van der Waals surface area contributed by atoms with Crippen molar-refractivity contribution < 1.29 is 22.4 Å². The summed E-state index contributed by atoms with van der Waals surface area (Å²) in [7, 11) is -2.40. The molecule has 7 nitrogen and oxygen atoms in total. The Hall–Kier alpha value is -1.38. The first-order valence-corrected chi connectivity index (χ1v) is 7.23. The highest BCUT2D eigenvalue weighted by Crippen LogP contribution is 2.19. The summed E-state index contributed by atoms with van der Waals surface area (Å²) in [4.78, 5) is 11.4. The number of sulfonamides is 1. The second-order valence-electron chi connectivity index (χ2n) is 3.95. The zero-order chi connectivity index (χ0) is 14.6. The summed E-state index contributed by atoms with van der Waals surface area (Å²) in [6.07, 6.45) is 0. The second kappa shape index (κ2) is 6.18. The van der Waals surface area contributed by atoms with Crippen LogP contribution in [0.4, 0.5) is 0 Å². The molecule has 0 aliphatic heterocycles. The van der Waals surface area contributed by atoms with Gasteiger partial charge < -0.3 is 14.9 Å². The molecule has 1 atom stereocenters. The van der Waals surface area contributed by atoms with Crippen molar-refractivity contribution in [1.29, 1.82) is 0 Å². The lowest BCUT2D eigenvalue weighted by Gasteiger charge is -2.21. The van der Waals surface area contributed by atoms with Crippen molar-refractivity contribution in [2.24, 2.45) is 5.73 Å². The summed E-state index contributed by atoms with van der Waals surface area (Å²) in [5.41, 5.74) is 5.43. The maximum atomic E-state index is 12.2. The van der Waals surface area contributed by atoms with E-state index in [2.05, 4.69) is 0 Å². The average molecular weight is 290 g/mol.